The lowest BCUT2D eigenvalue weighted by Crippen LogP contribution is -2.34. The molecule has 0 N–H and O–H groups in total. The molecule has 4 heterocycles. The summed E-state index contributed by atoms with van der Waals surface area (Å²) in [6, 6.07) is 5.40. The zero-order valence-corrected chi connectivity index (χ0v) is 13.7. The zero-order valence-electron chi connectivity index (χ0n) is 13.7. The Hall–Kier alpha value is -2.34. The summed E-state index contributed by atoms with van der Waals surface area (Å²) in [7, 11) is 0. The third kappa shape index (κ3) is 2.78. The molecule has 6 heteroatoms. The van der Waals surface area contributed by atoms with Gasteiger partial charge in [0.05, 0.1) is 17.4 Å². The minimum absolute atomic E-state index is 0.181. The zero-order chi connectivity index (χ0) is 16.5. The van der Waals surface area contributed by atoms with Gasteiger partial charge in [0, 0.05) is 30.8 Å². The van der Waals surface area contributed by atoms with Crippen molar-refractivity contribution in [1.82, 2.24) is 24.3 Å². The summed E-state index contributed by atoms with van der Waals surface area (Å²) in [6.07, 6.45) is 8.64. The Kier molecular flexibility index (Phi) is 3.98. The Balaban J connectivity index is 1.67. The van der Waals surface area contributed by atoms with Gasteiger partial charge in [0.2, 0.25) is 5.78 Å². The van der Waals surface area contributed by atoms with Crippen LogP contribution in [0.5, 0.6) is 0 Å². The Morgan fingerprint density at radius 3 is 3.04 bits per heavy atom. The lowest BCUT2D eigenvalue weighted by atomic mass is 9.98. The smallest absolute Gasteiger partial charge is 0.234 e. The first-order valence-corrected chi connectivity index (χ1v) is 8.36. The molecule has 124 valence electrons. The summed E-state index contributed by atoms with van der Waals surface area (Å²) in [4.78, 5) is 15.5. The summed E-state index contributed by atoms with van der Waals surface area (Å²) in [5, 5.41) is 0. The molecular formula is C18H20FN5. The Morgan fingerprint density at radius 2 is 2.17 bits per heavy atom. The van der Waals surface area contributed by atoms with Gasteiger partial charge in [0.25, 0.3) is 0 Å². The van der Waals surface area contributed by atoms with E-state index < -0.39 is 0 Å². The van der Waals surface area contributed by atoms with E-state index in [-0.39, 0.29) is 11.9 Å². The van der Waals surface area contributed by atoms with Crippen molar-refractivity contribution in [3.05, 3.63) is 59.7 Å². The first-order chi connectivity index (χ1) is 11.7. The first kappa shape index (κ1) is 15.2. The predicted molar refractivity (Wildman–Crippen MR) is 88.9 cm³/mol. The molecule has 1 aliphatic heterocycles. The molecule has 4 rings (SSSR count). The van der Waals surface area contributed by atoms with E-state index in [4.69, 9.17) is 4.98 Å². The van der Waals surface area contributed by atoms with Crippen molar-refractivity contribution < 1.29 is 4.39 Å². The van der Waals surface area contributed by atoms with E-state index in [0.717, 1.165) is 43.0 Å². The van der Waals surface area contributed by atoms with Gasteiger partial charge in [-0.1, -0.05) is 6.42 Å². The number of aromatic nitrogens is 4. The highest BCUT2D eigenvalue weighted by atomic mass is 19.1. The fourth-order valence-electron chi connectivity index (χ4n) is 3.50. The highest BCUT2D eigenvalue weighted by molar-refractivity contribution is 5.33. The van der Waals surface area contributed by atoms with Gasteiger partial charge in [0.15, 0.2) is 0 Å². The second kappa shape index (κ2) is 6.28. The van der Waals surface area contributed by atoms with E-state index >= 15 is 0 Å². The molecule has 1 fully saturated rings. The van der Waals surface area contributed by atoms with E-state index in [1.807, 2.05) is 10.6 Å². The fourth-order valence-corrected chi connectivity index (χ4v) is 3.50. The molecular weight excluding hydrogens is 305 g/mol. The molecule has 0 bridgehead atoms. The summed E-state index contributed by atoms with van der Waals surface area (Å²) >= 11 is 0. The van der Waals surface area contributed by atoms with E-state index in [0.29, 0.717) is 12.2 Å². The van der Waals surface area contributed by atoms with Gasteiger partial charge >= 0.3 is 0 Å². The minimum atomic E-state index is -0.241. The van der Waals surface area contributed by atoms with Crippen LogP contribution in [0.3, 0.4) is 0 Å². The lowest BCUT2D eigenvalue weighted by Gasteiger charge is -2.35. The van der Waals surface area contributed by atoms with Gasteiger partial charge in [0.1, 0.15) is 5.82 Å². The van der Waals surface area contributed by atoms with Gasteiger partial charge in [-0.2, -0.15) is 0 Å². The van der Waals surface area contributed by atoms with E-state index in [1.165, 1.54) is 6.07 Å². The highest BCUT2D eigenvalue weighted by Crippen LogP contribution is 2.31. The summed E-state index contributed by atoms with van der Waals surface area (Å²) in [5.74, 6) is 0.481. The number of nitrogens with zero attached hydrogens (tertiary/aromatic N) is 5. The second-order valence-electron chi connectivity index (χ2n) is 6.33. The standard InChI is InChI=1S/C18H20FN5/c1-13-11-15(22-18-21-8-10-24(13)18)17-6-2-3-9-23(17)12-16-14(19)5-4-7-20-16/h4-5,7-8,10-11,17H,2-3,6,9,12H2,1H3. The van der Waals surface area contributed by atoms with Gasteiger partial charge in [-0.25, -0.2) is 14.4 Å². The third-order valence-electron chi connectivity index (χ3n) is 4.73. The third-order valence-corrected chi connectivity index (χ3v) is 4.73. The van der Waals surface area contributed by atoms with E-state index in [2.05, 4.69) is 27.9 Å². The number of fused-ring (bicyclic) bond motifs is 1. The lowest BCUT2D eigenvalue weighted by molar-refractivity contribution is 0.134. The van der Waals surface area contributed by atoms with Crippen LogP contribution in [-0.2, 0) is 6.54 Å². The molecule has 0 spiro atoms. The van der Waals surface area contributed by atoms with Crippen LogP contribution in [0.1, 0.15) is 42.4 Å². The summed E-state index contributed by atoms with van der Waals surface area (Å²) in [5.41, 5.74) is 2.63. The Labute approximate surface area is 140 Å². The van der Waals surface area contributed by atoms with Crippen LogP contribution >= 0.6 is 0 Å². The molecule has 3 aromatic rings. The SMILES string of the molecule is Cc1cc(C2CCCCN2Cc2ncccc2F)nc2nccn12. The number of hydrogen-bond donors (Lipinski definition) is 0. The Morgan fingerprint density at radius 1 is 1.25 bits per heavy atom. The fraction of sp³-hybridized carbons (Fsp3) is 0.389. The highest BCUT2D eigenvalue weighted by Gasteiger charge is 2.27. The van der Waals surface area contributed by atoms with Crippen LogP contribution in [-0.4, -0.2) is 30.8 Å². The maximum absolute atomic E-state index is 14.0. The number of pyridine rings is 1. The largest absolute Gasteiger partial charge is 0.289 e. The normalized spacial score (nSPS) is 19.0. The average molecular weight is 325 g/mol. The summed E-state index contributed by atoms with van der Waals surface area (Å²) in [6.45, 7) is 3.50. The second-order valence-corrected chi connectivity index (χ2v) is 6.33. The van der Waals surface area contributed by atoms with Crippen LogP contribution < -0.4 is 0 Å². The molecule has 1 saturated heterocycles. The quantitative estimate of drug-likeness (QED) is 0.741. The molecule has 3 aromatic heterocycles. The topological polar surface area (TPSA) is 46.3 Å². The van der Waals surface area contributed by atoms with Crippen molar-refractivity contribution in [2.45, 2.75) is 38.8 Å². The van der Waals surface area contributed by atoms with Crippen LogP contribution in [0.4, 0.5) is 4.39 Å². The van der Waals surface area contributed by atoms with E-state index in [1.54, 1.807) is 18.5 Å². The average Bonchev–Trinajstić information content (AvgIpc) is 3.07. The molecule has 0 aliphatic carbocycles. The predicted octanol–water partition coefficient (Wildman–Crippen LogP) is 3.30. The van der Waals surface area contributed by atoms with Crippen LogP contribution in [0.25, 0.3) is 5.78 Å². The van der Waals surface area contributed by atoms with Gasteiger partial charge < -0.3 is 0 Å². The van der Waals surface area contributed by atoms with Crippen LogP contribution in [0.2, 0.25) is 0 Å². The Bertz CT molecular complexity index is 859. The number of hydrogen-bond acceptors (Lipinski definition) is 4. The molecule has 1 unspecified atom stereocenters. The van der Waals surface area contributed by atoms with Gasteiger partial charge in [-0.3, -0.25) is 14.3 Å². The molecule has 5 nitrogen and oxygen atoms in total. The molecule has 1 aliphatic rings. The van der Waals surface area contributed by atoms with Gasteiger partial charge in [-0.05, 0) is 44.5 Å². The van der Waals surface area contributed by atoms with E-state index in [9.17, 15) is 4.39 Å². The van der Waals surface area contributed by atoms with Crippen LogP contribution in [0, 0.1) is 12.7 Å². The van der Waals surface area contributed by atoms with Crippen molar-refractivity contribution in [2.75, 3.05) is 6.54 Å². The van der Waals surface area contributed by atoms with Crippen molar-refractivity contribution in [1.29, 1.82) is 0 Å². The molecule has 0 saturated carbocycles. The van der Waals surface area contributed by atoms with Gasteiger partial charge in [-0.15, -0.1) is 0 Å². The molecule has 0 radical (unpaired) electrons. The maximum Gasteiger partial charge on any atom is 0.234 e. The van der Waals surface area contributed by atoms with Crippen molar-refractivity contribution in [3.63, 3.8) is 0 Å². The number of likely N-dealkylation sites (tertiary alicyclic amines) is 1. The first-order valence-electron chi connectivity index (χ1n) is 8.36. The van der Waals surface area contributed by atoms with Crippen molar-refractivity contribution in [3.8, 4) is 0 Å². The number of halogens is 1. The summed E-state index contributed by atoms with van der Waals surface area (Å²) < 4.78 is 16.0. The van der Waals surface area contributed by atoms with Crippen molar-refractivity contribution >= 4 is 5.78 Å². The number of aryl methyl sites for hydroxylation is 1. The molecule has 0 amide bonds. The monoisotopic (exact) mass is 325 g/mol. The maximum atomic E-state index is 14.0. The molecule has 24 heavy (non-hydrogen) atoms. The number of imidazole rings is 1. The van der Waals surface area contributed by atoms with Crippen molar-refractivity contribution in [2.24, 2.45) is 0 Å². The van der Waals surface area contributed by atoms with Crippen LogP contribution in [0.15, 0.2) is 36.8 Å². The molecule has 0 aromatic carbocycles. The molecule has 1 atom stereocenters. The minimum Gasteiger partial charge on any atom is -0.289 e. The number of rotatable bonds is 3. The number of piperidine rings is 1.